The number of aliphatic hydroxyl groups excluding tert-OH is 2. The van der Waals surface area contributed by atoms with Crippen molar-refractivity contribution in [2.24, 2.45) is 0 Å². The van der Waals surface area contributed by atoms with E-state index in [1.807, 2.05) is 0 Å². The van der Waals surface area contributed by atoms with Crippen LogP contribution >= 0.6 is 0 Å². The van der Waals surface area contributed by atoms with Crippen LogP contribution in [0.5, 0.6) is 11.5 Å². The molecule has 0 fully saturated rings. The molecule has 0 saturated carbocycles. The van der Waals surface area contributed by atoms with Gasteiger partial charge >= 0.3 is 0 Å². The lowest BCUT2D eigenvalue weighted by Crippen LogP contribution is -2.02. The highest BCUT2D eigenvalue weighted by Gasteiger charge is 2.09. The van der Waals surface area contributed by atoms with Gasteiger partial charge < -0.3 is 20.1 Å². The van der Waals surface area contributed by atoms with Gasteiger partial charge in [0.05, 0.1) is 13.7 Å². The molecule has 0 saturated heterocycles. The minimum Gasteiger partial charge on any atom is -0.504 e. The van der Waals surface area contributed by atoms with Crippen molar-refractivity contribution in [3.8, 4) is 11.5 Å². The van der Waals surface area contributed by atoms with E-state index in [2.05, 4.69) is 0 Å². The van der Waals surface area contributed by atoms with E-state index in [9.17, 15) is 10.2 Å². The molecule has 0 radical (unpaired) electrons. The summed E-state index contributed by atoms with van der Waals surface area (Å²) in [6.45, 7) is -0.353. The van der Waals surface area contributed by atoms with Gasteiger partial charge in [0.25, 0.3) is 0 Å². The van der Waals surface area contributed by atoms with Crippen LogP contribution in [-0.4, -0.2) is 29.0 Å². The van der Waals surface area contributed by atoms with Crippen molar-refractivity contribution in [2.45, 2.75) is 6.10 Å². The van der Waals surface area contributed by atoms with E-state index in [-0.39, 0.29) is 18.1 Å². The standard InChI is InChI=1S/C9H12O4/c1-13-9-4-6(8(12)5-10)2-3-7(9)11/h2-4,8,10-12H,5H2,1H3. The van der Waals surface area contributed by atoms with Crippen molar-refractivity contribution in [3.05, 3.63) is 23.8 Å². The highest BCUT2D eigenvalue weighted by molar-refractivity contribution is 5.42. The Labute approximate surface area is 76.0 Å². The van der Waals surface area contributed by atoms with Crippen LogP contribution in [0.15, 0.2) is 18.2 Å². The summed E-state index contributed by atoms with van der Waals surface area (Å²) in [6, 6.07) is 4.42. The number of phenols is 1. The van der Waals surface area contributed by atoms with Gasteiger partial charge in [-0.2, -0.15) is 0 Å². The van der Waals surface area contributed by atoms with Crippen LogP contribution in [0.25, 0.3) is 0 Å². The molecule has 0 aliphatic heterocycles. The summed E-state index contributed by atoms with van der Waals surface area (Å²) in [5, 5.41) is 27.1. The first-order valence-electron chi connectivity index (χ1n) is 3.85. The zero-order valence-electron chi connectivity index (χ0n) is 7.27. The van der Waals surface area contributed by atoms with Gasteiger partial charge in [-0.15, -0.1) is 0 Å². The van der Waals surface area contributed by atoms with E-state index >= 15 is 0 Å². The summed E-state index contributed by atoms with van der Waals surface area (Å²) in [4.78, 5) is 0. The molecule has 4 nitrogen and oxygen atoms in total. The molecule has 72 valence electrons. The van der Waals surface area contributed by atoms with E-state index in [4.69, 9.17) is 9.84 Å². The summed E-state index contributed by atoms with van der Waals surface area (Å²) >= 11 is 0. The second-order valence-corrected chi connectivity index (χ2v) is 2.63. The van der Waals surface area contributed by atoms with Gasteiger partial charge in [-0.05, 0) is 17.7 Å². The normalized spacial score (nSPS) is 12.5. The highest BCUT2D eigenvalue weighted by Crippen LogP contribution is 2.28. The van der Waals surface area contributed by atoms with Crippen molar-refractivity contribution >= 4 is 0 Å². The Bertz CT molecular complexity index is 285. The molecule has 1 atom stereocenters. The monoisotopic (exact) mass is 184 g/mol. The van der Waals surface area contributed by atoms with E-state index < -0.39 is 6.10 Å². The van der Waals surface area contributed by atoms with Crippen LogP contribution < -0.4 is 4.74 Å². The molecule has 13 heavy (non-hydrogen) atoms. The molecule has 0 aromatic heterocycles. The van der Waals surface area contributed by atoms with Crippen LogP contribution in [0.4, 0.5) is 0 Å². The summed E-state index contributed by atoms with van der Waals surface area (Å²) in [7, 11) is 1.42. The first-order chi connectivity index (χ1) is 6.19. The Balaban J connectivity index is 2.99. The lowest BCUT2D eigenvalue weighted by molar-refractivity contribution is 0.0953. The van der Waals surface area contributed by atoms with Crippen molar-refractivity contribution in [2.75, 3.05) is 13.7 Å². The highest BCUT2D eigenvalue weighted by atomic mass is 16.5. The zero-order valence-corrected chi connectivity index (χ0v) is 7.27. The predicted molar refractivity (Wildman–Crippen MR) is 46.7 cm³/mol. The maximum Gasteiger partial charge on any atom is 0.160 e. The number of hydrogen-bond acceptors (Lipinski definition) is 4. The molecule has 0 spiro atoms. The molecule has 1 aromatic carbocycles. The second kappa shape index (κ2) is 4.11. The van der Waals surface area contributed by atoms with Gasteiger partial charge in [0.1, 0.15) is 6.10 Å². The van der Waals surface area contributed by atoms with E-state index in [0.717, 1.165) is 0 Å². The largest absolute Gasteiger partial charge is 0.504 e. The fraction of sp³-hybridized carbons (Fsp3) is 0.333. The Morgan fingerprint density at radius 3 is 2.69 bits per heavy atom. The Kier molecular flexibility index (Phi) is 3.11. The molecule has 3 N–H and O–H groups in total. The molecule has 4 heteroatoms. The van der Waals surface area contributed by atoms with Crippen molar-refractivity contribution in [1.29, 1.82) is 0 Å². The van der Waals surface area contributed by atoms with Gasteiger partial charge in [-0.3, -0.25) is 0 Å². The molecule has 0 aliphatic carbocycles. The van der Waals surface area contributed by atoms with Crippen molar-refractivity contribution in [1.82, 2.24) is 0 Å². The number of rotatable bonds is 3. The molecule has 1 rings (SSSR count). The van der Waals surface area contributed by atoms with E-state index in [0.29, 0.717) is 5.56 Å². The van der Waals surface area contributed by atoms with Gasteiger partial charge in [0.15, 0.2) is 11.5 Å². The van der Waals surface area contributed by atoms with Gasteiger partial charge in [0, 0.05) is 0 Å². The molecule has 0 amide bonds. The molecule has 1 unspecified atom stereocenters. The van der Waals surface area contributed by atoms with E-state index in [1.54, 1.807) is 0 Å². The average Bonchev–Trinajstić information content (AvgIpc) is 2.17. The molecule has 0 heterocycles. The molecule has 0 bridgehead atoms. The number of phenolic OH excluding ortho intramolecular Hbond substituents is 1. The lowest BCUT2D eigenvalue weighted by atomic mass is 10.1. The second-order valence-electron chi connectivity index (χ2n) is 2.63. The Morgan fingerprint density at radius 1 is 1.46 bits per heavy atom. The minimum atomic E-state index is -0.936. The Morgan fingerprint density at radius 2 is 2.15 bits per heavy atom. The van der Waals surface area contributed by atoms with Gasteiger partial charge in [-0.25, -0.2) is 0 Å². The summed E-state index contributed by atoms with van der Waals surface area (Å²) in [5.41, 5.74) is 0.511. The quantitative estimate of drug-likeness (QED) is 0.637. The van der Waals surface area contributed by atoms with Gasteiger partial charge in [-0.1, -0.05) is 6.07 Å². The summed E-state index contributed by atoms with van der Waals surface area (Å²) in [6.07, 6.45) is -0.936. The zero-order chi connectivity index (χ0) is 9.84. The SMILES string of the molecule is COc1cc(C(O)CO)ccc1O. The molecular weight excluding hydrogens is 172 g/mol. The third-order valence-electron chi connectivity index (χ3n) is 1.76. The van der Waals surface area contributed by atoms with Gasteiger partial charge in [0.2, 0.25) is 0 Å². The topological polar surface area (TPSA) is 69.9 Å². The third kappa shape index (κ3) is 2.11. The number of hydrogen-bond donors (Lipinski definition) is 3. The number of benzene rings is 1. The van der Waals surface area contributed by atoms with Crippen molar-refractivity contribution < 1.29 is 20.1 Å². The fourth-order valence-electron chi connectivity index (χ4n) is 1.01. The summed E-state index contributed by atoms with van der Waals surface area (Å²) in [5.74, 6) is 0.293. The number of ether oxygens (including phenoxy) is 1. The minimum absolute atomic E-state index is 0.0105. The molecule has 0 aliphatic rings. The lowest BCUT2D eigenvalue weighted by Gasteiger charge is -2.09. The first kappa shape index (κ1) is 9.83. The predicted octanol–water partition coefficient (Wildman–Crippen LogP) is 0.426. The van der Waals surface area contributed by atoms with Crippen LogP contribution in [0.3, 0.4) is 0 Å². The summed E-state index contributed by atoms with van der Waals surface area (Å²) < 4.78 is 4.84. The Hall–Kier alpha value is -1.26. The van der Waals surface area contributed by atoms with Crippen LogP contribution in [0.1, 0.15) is 11.7 Å². The molecular formula is C9H12O4. The fourth-order valence-corrected chi connectivity index (χ4v) is 1.01. The van der Waals surface area contributed by atoms with Crippen LogP contribution in [0, 0.1) is 0 Å². The maximum absolute atomic E-state index is 9.25. The first-order valence-corrected chi connectivity index (χ1v) is 3.85. The third-order valence-corrected chi connectivity index (χ3v) is 1.76. The smallest absolute Gasteiger partial charge is 0.160 e. The van der Waals surface area contributed by atoms with E-state index in [1.165, 1.54) is 25.3 Å². The number of aliphatic hydroxyl groups is 2. The van der Waals surface area contributed by atoms with Crippen LogP contribution in [0.2, 0.25) is 0 Å². The number of methoxy groups -OCH3 is 1. The average molecular weight is 184 g/mol. The van der Waals surface area contributed by atoms with Crippen molar-refractivity contribution in [3.63, 3.8) is 0 Å². The van der Waals surface area contributed by atoms with Crippen LogP contribution in [-0.2, 0) is 0 Å². The number of aromatic hydroxyl groups is 1. The molecule has 1 aromatic rings. The maximum atomic E-state index is 9.25.